The van der Waals surface area contributed by atoms with E-state index in [0.717, 1.165) is 16.8 Å². The number of hydrogen-bond acceptors (Lipinski definition) is 5. The number of halogens is 2. The Hall–Kier alpha value is -1.99. The molecule has 2 aromatic rings. The highest BCUT2D eigenvalue weighted by atomic mass is 35.5. The first kappa shape index (κ1) is 23.7. The Labute approximate surface area is 188 Å². The second-order valence-corrected chi connectivity index (χ2v) is 9.31. The Bertz CT molecular complexity index is 883. The molecule has 0 radical (unpaired) electrons. The fraction of sp³-hybridized carbons (Fsp3) is 0.458. The molecular weight excluding hydrogens is 419 g/mol. The Kier molecular flexibility index (Phi) is 8.06. The molecule has 0 fully saturated rings. The van der Waals surface area contributed by atoms with E-state index in [1.54, 1.807) is 6.07 Å². The van der Waals surface area contributed by atoms with Crippen molar-refractivity contribution in [1.29, 1.82) is 0 Å². The quantitative estimate of drug-likeness (QED) is 0.606. The maximum absolute atomic E-state index is 13.7. The summed E-state index contributed by atoms with van der Waals surface area (Å²) in [6.07, 6.45) is -0.184. The summed E-state index contributed by atoms with van der Waals surface area (Å²) in [5.74, 6) is -0.278. The van der Waals surface area contributed by atoms with E-state index >= 15 is 0 Å². The molecule has 3 rings (SSSR count). The van der Waals surface area contributed by atoms with Crippen LogP contribution in [0.5, 0.6) is 0 Å². The maximum atomic E-state index is 13.7. The minimum atomic E-state index is -0.675. The molecule has 5 nitrogen and oxygen atoms in total. The largest absolute Gasteiger partial charge is 0.390 e. The summed E-state index contributed by atoms with van der Waals surface area (Å²) in [4.78, 5) is 7.72. The first-order chi connectivity index (χ1) is 14.7. The van der Waals surface area contributed by atoms with Gasteiger partial charge < -0.3 is 14.7 Å². The van der Waals surface area contributed by atoms with Crippen LogP contribution in [0.25, 0.3) is 0 Å². The lowest BCUT2D eigenvalue weighted by Crippen LogP contribution is -2.40. The van der Waals surface area contributed by atoms with E-state index in [2.05, 4.69) is 10.1 Å². The van der Waals surface area contributed by atoms with Crippen molar-refractivity contribution in [3.63, 3.8) is 0 Å². The summed E-state index contributed by atoms with van der Waals surface area (Å²) in [5, 5.41) is 15.4. The molecule has 1 N–H and O–H groups in total. The van der Waals surface area contributed by atoms with Gasteiger partial charge in [-0.2, -0.15) is 0 Å². The number of rotatable bonds is 9. The Morgan fingerprint density at radius 3 is 2.68 bits per heavy atom. The van der Waals surface area contributed by atoms with Crippen LogP contribution >= 0.6 is 11.6 Å². The van der Waals surface area contributed by atoms with E-state index in [-0.39, 0.29) is 24.1 Å². The van der Waals surface area contributed by atoms with Gasteiger partial charge in [-0.05, 0) is 56.2 Å². The van der Waals surface area contributed by atoms with E-state index in [1.165, 1.54) is 12.1 Å². The van der Waals surface area contributed by atoms with Crippen LogP contribution in [0.3, 0.4) is 0 Å². The van der Waals surface area contributed by atoms with Gasteiger partial charge in [0, 0.05) is 31.1 Å². The Morgan fingerprint density at radius 2 is 2.00 bits per heavy atom. The Balaban J connectivity index is 1.62. The summed E-state index contributed by atoms with van der Waals surface area (Å²) in [6.45, 7) is 7.48. The molecule has 0 amide bonds. The minimum absolute atomic E-state index is 0.157. The number of oxime groups is 1. The van der Waals surface area contributed by atoms with Gasteiger partial charge in [0.2, 0.25) is 0 Å². The molecule has 0 saturated carbocycles. The van der Waals surface area contributed by atoms with Gasteiger partial charge in [0.25, 0.3) is 0 Å². The average molecular weight is 449 g/mol. The molecule has 1 aliphatic heterocycles. The van der Waals surface area contributed by atoms with Crippen molar-refractivity contribution >= 4 is 17.3 Å². The van der Waals surface area contributed by atoms with Crippen LogP contribution < -0.4 is 0 Å². The number of hydrogen-bond donors (Lipinski definition) is 1. The van der Waals surface area contributed by atoms with Crippen LogP contribution in [-0.2, 0) is 16.1 Å². The zero-order valence-corrected chi connectivity index (χ0v) is 19.0. The topological polar surface area (TPSA) is 54.3 Å². The minimum Gasteiger partial charge on any atom is -0.390 e. The normalized spacial score (nSPS) is 17.5. The van der Waals surface area contributed by atoms with Gasteiger partial charge in [-0.1, -0.05) is 41.0 Å². The van der Waals surface area contributed by atoms with Gasteiger partial charge in [-0.25, -0.2) is 4.39 Å². The van der Waals surface area contributed by atoms with Crippen molar-refractivity contribution in [2.75, 3.05) is 19.7 Å². The molecule has 7 heteroatoms. The highest BCUT2D eigenvalue weighted by molar-refractivity contribution is 6.30. The van der Waals surface area contributed by atoms with Crippen molar-refractivity contribution < 1.29 is 19.1 Å². The lowest BCUT2D eigenvalue weighted by atomic mass is 10.0. The number of aliphatic hydroxyl groups excluding tert-OH is 1. The molecule has 2 aromatic carbocycles. The predicted molar refractivity (Wildman–Crippen MR) is 121 cm³/mol. The van der Waals surface area contributed by atoms with E-state index in [4.69, 9.17) is 21.2 Å². The van der Waals surface area contributed by atoms with E-state index in [0.29, 0.717) is 31.1 Å². The maximum Gasteiger partial charge on any atom is 0.145 e. The molecule has 1 aliphatic rings. The predicted octanol–water partition coefficient (Wildman–Crippen LogP) is 4.65. The van der Waals surface area contributed by atoms with Gasteiger partial charge in [0.05, 0.1) is 24.0 Å². The lowest BCUT2D eigenvalue weighted by molar-refractivity contribution is -0.0600. The third kappa shape index (κ3) is 7.89. The molecule has 0 aromatic heterocycles. The average Bonchev–Trinajstić information content (AvgIpc) is 3.15. The Morgan fingerprint density at radius 1 is 1.26 bits per heavy atom. The fourth-order valence-electron chi connectivity index (χ4n) is 3.42. The molecule has 168 valence electrons. The smallest absolute Gasteiger partial charge is 0.145 e. The highest BCUT2D eigenvalue weighted by Gasteiger charge is 2.26. The molecule has 1 heterocycles. The summed E-state index contributed by atoms with van der Waals surface area (Å²) < 4.78 is 19.4. The third-order valence-corrected chi connectivity index (χ3v) is 5.10. The zero-order chi connectivity index (χ0) is 22.4. The SMILES string of the molecule is CC(C)(C)OC[C@H](O)CN(Cc1cccc(F)c1)C[C@H]1CC(c2ccc(Cl)cc2)=NO1. The van der Waals surface area contributed by atoms with Crippen LogP contribution in [0.2, 0.25) is 5.02 Å². The monoisotopic (exact) mass is 448 g/mol. The summed E-state index contributed by atoms with van der Waals surface area (Å²) >= 11 is 5.97. The number of ether oxygens (including phenoxy) is 1. The molecule has 31 heavy (non-hydrogen) atoms. The molecule has 0 saturated heterocycles. The third-order valence-electron chi connectivity index (χ3n) is 4.85. The van der Waals surface area contributed by atoms with Crippen molar-refractivity contribution in [3.8, 4) is 0 Å². The second-order valence-electron chi connectivity index (χ2n) is 8.88. The highest BCUT2D eigenvalue weighted by Crippen LogP contribution is 2.20. The summed E-state index contributed by atoms with van der Waals surface area (Å²) in [7, 11) is 0. The van der Waals surface area contributed by atoms with Gasteiger partial charge >= 0.3 is 0 Å². The van der Waals surface area contributed by atoms with Crippen LogP contribution in [0.1, 0.15) is 38.3 Å². The summed E-state index contributed by atoms with van der Waals surface area (Å²) in [5.41, 5.74) is 2.34. The first-order valence-corrected chi connectivity index (χ1v) is 10.8. The van der Waals surface area contributed by atoms with Crippen molar-refractivity contribution in [1.82, 2.24) is 4.90 Å². The molecule has 0 unspecified atom stereocenters. The van der Waals surface area contributed by atoms with Crippen LogP contribution in [0, 0.1) is 5.82 Å². The first-order valence-electron chi connectivity index (χ1n) is 10.5. The van der Waals surface area contributed by atoms with Crippen LogP contribution in [-0.4, -0.2) is 53.2 Å². The number of benzene rings is 2. The van der Waals surface area contributed by atoms with Gasteiger partial charge in [-0.15, -0.1) is 0 Å². The van der Waals surface area contributed by atoms with Gasteiger partial charge in [0.1, 0.15) is 11.9 Å². The van der Waals surface area contributed by atoms with E-state index in [9.17, 15) is 9.50 Å². The second kappa shape index (κ2) is 10.6. The van der Waals surface area contributed by atoms with Gasteiger partial charge in [0.15, 0.2) is 0 Å². The van der Waals surface area contributed by atoms with Crippen molar-refractivity contribution in [2.24, 2.45) is 5.16 Å². The standard InChI is InChI=1S/C24H30ClFN2O3/c1-24(2,3)30-16-21(29)14-28(13-17-5-4-6-20(26)11-17)15-22-12-23(27-31-22)18-7-9-19(25)10-8-18/h4-11,21-22,29H,12-16H2,1-3H3/t21-,22-/m1/s1. The van der Waals surface area contributed by atoms with Gasteiger partial charge in [-0.3, -0.25) is 4.90 Å². The van der Waals surface area contributed by atoms with Crippen LogP contribution in [0.4, 0.5) is 4.39 Å². The summed E-state index contributed by atoms with van der Waals surface area (Å²) in [6, 6.07) is 14.0. The van der Waals surface area contributed by atoms with Crippen molar-refractivity contribution in [2.45, 2.75) is 51.5 Å². The van der Waals surface area contributed by atoms with E-state index < -0.39 is 6.10 Å². The molecule has 0 bridgehead atoms. The molecule has 0 spiro atoms. The van der Waals surface area contributed by atoms with Crippen LogP contribution in [0.15, 0.2) is 53.7 Å². The lowest BCUT2D eigenvalue weighted by Gasteiger charge is -2.28. The number of nitrogens with zero attached hydrogens (tertiary/aromatic N) is 2. The zero-order valence-electron chi connectivity index (χ0n) is 18.2. The molecule has 2 atom stereocenters. The van der Waals surface area contributed by atoms with E-state index in [1.807, 2.05) is 51.1 Å². The fourth-order valence-corrected chi connectivity index (χ4v) is 3.55. The molecule has 0 aliphatic carbocycles. The number of aliphatic hydroxyl groups is 1. The molecular formula is C24H30ClFN2O3. The van der Waals surface area contributed by atoms with Crippen molar-refractivity contribution in [3.05, 3.63) is 70.5 Å².